The van der Waals surface area contributed by atoms with Gasteiger partial charge < -0.3 is 14.3 Å². The van der Waals surface area contributed by atoms with Crippen molar-refractivity contribution in [3.05, 3.63) is 52.9 Å². The van der Waals surface area contributed by atoms with Crippen LogP contribution in [0.1, 0.15) is 27.7 Å². The van der Waals surface area contributed by atoms with Gasteiger partial charge in [-0.2, -0.15) is 0 Å². The van der Waals surface area contributed by atoms with Crippen molar-refractivity contribution in [3.8, 4) is 11.5 Å². The largest absolute Gasteiger partial charge is 0.496 e. The molecule has 2 aromatic heterocycles. The van der Waals surface area contributed by atoms with Crippen LogP contribution in [0.3, 0.4) is 0 Å². The number of nitrogens with one attached hydrogen (secondary N) is 1. The number of hydrogen-bond acceptors (Lipinski definition) is 5. The molecule has 7 heteroatoms. The van der Waals surface area contributed by atoms with Crippen LogP contribution in [0.2, 0.25) is 0 Å². The van der Waals surface area contributed by atoms with Gasteiger partial charge in [-0.15, -0.1) is 0 Å². The van der Waals surface area contributed by atoms with Gasteiger partial charge in [0.1, 0.15) is 5.69 Å². The summed E-state index contributed by atoms with van der Waals surface area (Å²) >= 11 is 0. The minimum atomic E-state index is -0.467. The Labute approximate surface area is 151 Å². The van der Waals surface area contributed by atoms with Gasteiger partial charge in [0.25, 0.3) is 5.56 Å². The summed E-state index contributed by atoms with van der Waals surface area (Å²) in [4.78, 5) is 24.0. The predicted molar refractivity (Wildman–Crippen MR) is 101 cm³/mol. The van der Waals surface area contributed by atoms with E-state index in [9.17, 15) is 4.79 Å². The molecule has 0 aliphatic carbocycles. The molecular weight excluding hydrogens is 329 g/mol. The van der Waals surface area contributed by atoms with Crippen molar-refractivity contribution in [2.75, 3.05) is 0 Å². The van der Waals surface area contributed by atoms with E-state index >= 15 is 0 Å². The van der Waals surface area contributed by atoms with Gasteiger partial charge in [-0.1, -0.05) is 18.2 Å². The summed E-state index contributed by atoms with van der Waals surface area (Å²) in [5.74, 6) is 0.439. The van der Waals surface area contributed by atoms with Crippen molar-refractivity contribution in [1.29, 1.82) is 0 Å². The number of benzene rings is 1. The SMILES string of the molecule is CC1(C)OB(c2ccc(-c3nc4ccccc4c(=O)[nH]3)nc2)OC1(C)C. The first kappa shape index (κ1) is 16.9. The van der Waals surface area contributed by atoms with Crippen LogP contribution in [0, 0.1) is 0 Å². The quantitative estimate of drug-likeness (QED) is 0.719. The number of pyridine rings is 1. The Morgan fingerprint density at radius 3 is 2.35 bits per heavy atom. The van der Waals surface area contributed by atoms with Crippen LogP contribution < -0.4 is 11.0 Å². The second-order valence-corrected chi connectivity index (χ2v) is 7.50. The lowest BCUT2D eigenvalue weighted by molar-refractivity contribution is 0.00578. The summed E-state index contributed by atoms with van der Waals surface area (Å²) in [6, 6.07) is 10.9. The summed E-state index contributed by atoms with van der Waals surface area (Å²) in [5, 5.41) is 0.560. The summed E-state index contributed by atoms with van der Waals surface area (Å²) in [7, 11) is -0.467. The van der Waals surface area contributed by atoms with Gasteiger partial charge in [-0.25, -0.2) is 4.98 Å². The summed E-state index contributed by atoms with van der Waals surface area (Å²) < 4.78 is 12.1. The molecule has 6 nitrogen and oxygen atoms in total. The molecule has 1 fully saturated rings. The average molecular weight is 349 g/mol. The fourth-order valence-corrected chi connectivity index (χ4v) is 2.87. The van der Waals surface area contributed by atoms with Crippen molar-refractivity contribution in [2.24, 2.45) is 0 Å². The van der Waals surface area contributed by atoms with E-state index in [1.54, 1.807) is 12.3 Å². The second-order valence-electron chi connectivity index (χ2n) is 7.50. The predicted octanol–water partition coefficient (Wildman–Crippen LogP) is 2.28. The van der Waals surface area contributed by atoms with E-state index in [2.05, 4.69) is 15.0 Å². The molecule has 132 valence electrons. The van der Waals surface area contributed by atoms with Crippen LogP contribution >= 0.6 is 0 Å². The van der Waals surface area contributed by atoms with Gasteiger partial charge in [-0.05, 0) is 45.9 Å². The maximum absolute atomic E-state index is 12.2. The normalized spacial score (nSPS) is 18.4. The zero-order chi connectivity index (χ0) is 18.5. The van der Waals surface area contributed by atoms with Crippen LogP contribution in [0.4, 0.5) is 0 Å². The first-order valence-corrected chi connectivity index (χ1v) is 8.58. The van der Waals surface area contributed by atoms with E-state index in [1.165, 1.54) is 0 Å². The van der Waals surface area contributed by atoms with E-state index in [0.717, 1.165) is 5.46 Å². The molecule has 0 amide bonds. The molecule has 1 aliphatic rings. The van der Waals surface area contributed by atoms with Gasteiger partial charge in [0, 0.05) is 11.7 Å². The number of para-hydroxylation sites is 1. The average Bonchev–Trinajstić information content (AvgIpc) is 2.83. The number of H-pyrrole nitrogens is 1. The maximum atomic E-state index is 12.2. The summed E-state index contributed by atoms with van der Waals surface area (Å²) in [6.45, 7) is 8.05. The zero-order valence-corrected chi connectivity index (χ0v) is 15.2. The van der Waals surface area contributed by atoms with E-state index < -0.39 is 18.3 Å². The lowest BCUT2D eigenvalue weighted by atomic mass is 9.80. The Kier molecular flexibility index (Phi) is 3.75. The third-order valence-corrected chi connectivity index (χ3v) is 5.17. The van der Waals surface area contributed by atoms with Crippen LogP contribution in [-0.2, 0) is 9.31 Å². The Morgan fingerprint density at radius 2 is 1.69 bits per heavy atom. The standard InChI is InChI=1S/C19H20BN3O3/c1-18(2)19(3,4)26-20(25-18)12-9-10-15(21-11-12)16-22-14-8-6-5-7-13(14)17(24)23-16/h5-11H,1-4H3,(H,22,23,24). The molecule has 0 unspecified atom stereocenters. The van der Waals surface area contributed by atoms with Crippen molar-refractivity contribution in [2.45, 2.75) is 38.9 Å². The smallest absolute Gasteiger partial charge is 0.399 e. The molecule has 0 saturated carbocycles. The van der Waals surface area contributed by atoms with Crippen LogP contribution in [0.15, 0.2) is 47.4 Å². The molecule has 0 bridgehead atoms. The van der Waals surface area contributed by atoms with Crippen molar-refractivity contribution in [3.63, 3.8) is 0 Å². The fourth-order valence-electron chi connectivity index (χ4n) is 2.87. The van der Waals surface area contributed by atoms with E-state index in [1.807, 2.05) is 58.0 Å². The van der Waals surface area contributed by atoms with Crippen molar-refractivity contribution in [1.82, 2.24) is 15.0 Å². The fraction of sp³-hybridized carbons (Fsp3) is 0.316. The van der Waals surface area contributed by atoms with Crippen LogP contribution in [-0.4, -0.2) is 33.3 Å². The number of nitrogens with zero attached hydrogens (tertiary/aromatic N) is 2. The second kappa shape index (κ2) is 5.76. The first-order chi connectivity index (χ1) is 12.3. The molecule has 0 atom stereocenters. The molecule has 4 rings (SSSR count). The molecule has 1 saturated heterocycles. The minimum absolute atomic E-state index is 0.178. The van der Waals surface area contributed by atoms with Gasteiger partial charge >= 0.3 is 7.12 Å². The summed E-state index contributed by atoms with van der Waals surface area (Å²) in [5.41, 5.74) is 1.08. The van der Waals surface area contributed by atoms with E-state index in [0.29, 0.717) is 22.4 Å². The Balaban J connectivity index is 1.66. The Hall–Kier alpha value is -2.51. The van der Waals surface area contributed by atoms with Gasteiger partial charge in [0.05, 0.1) is 22.1 Å². The molecule has 3 aromatic rings. The zero-order valence-electron chi connectivity index (χ0n) is 15.2. The molecule has 0 spiro atoms. The van der Waals surface area contributed by atoms with Crippen LogP contribution in [0.25, 0.3) is 22.4 Å². The lowest BCUT2D eigenvalue weighted by Crippen LogP contribution is -2.41. The van der Waals surface area contributed by atoms with E-state index in [4.69, 9.17) is 9.31 Å². The van der Waals surface area contributed by atoms with Gasteiger partial charge in [0.2, 0.25) is 0 Å². The number of hydrogen-bond donors (Lipinski definition) is 1. The lowest BCUT2D eigenvalue weighted by Gasteiger charge is -2.32. The number of aromatic nitrogens is 3. The number of rotatable bonds is 2. The molecular formula is C19H20BN3O3. The van der Waals surface area contributed by atoms with Gasteiger partial charge in [0.15, 0.2) is 5.82 Å². The molecule has 1 N–H and O–H groups in total. The third kappa shape index (κ3) is 2.73. The van der Waals surface area contributed by atoms with Crippen LogP contribution in [0.5, 0.6) is 0 Å². The highest BCUT2D eigenvalue weighted by molar-refractivity contribution is 6.62. The molecule has 1 aromatic carbocycles. The Bertz CT molecular complexity index is 1010. The molecule has 3 heterocycles. The topological polar surface area (TPSA) is 77.1 Å². The van der Waals surface area contributed by atoms with Gasteiger partial charge in [-0.3, -0.25) is 9.78 Å². The molecule has 26 heavy (non-hydrogen) atoms. The monoisotopic (exact) mass is 349 g/mol. The maximum Gasteiger partial charge on any atom is 0.496 e. The number of aromatic amines is 1. The highest BCUT2D eigenvalue weighted by Gasteiger charge is 2.51. The van der Waals surface area contributed by atoms with Crippen molar-refractivity contribution >= 4 is 23.5 Å². The minimum Gasteiger partial charge on any atom is -0.399 e. The molecule has 0 radical (unpaired) electrons. The Morgan fingerprint density at radius 1 is 1.00 bits per heavy atom. The highest BCUT2D eigenvalue weighted by atomic mass is 16.7. The summed E-state index contributed by atoms with van der Waals surface area (Å²) in [6.07, 6.45) is 1.70. The first-order valence-electron chi connectivity index (χ1n) is 8.58. The van der Waals surface area contributed by atoms with Crippen molar-refractivity contribution < 1.29 is 9.31 Å². The highest BCUT2D eigenvalue weighted by Crippen LogP contribution is 2.36. The third-order valence-electron chi connectivity index (χ3n) is 5.17. The number of fused-ring (bicyclic) bond motifs is 1. The van der Waals surface area contributed by atoms with E-state index in [-0.39, 0.29) is 5.56 Å². The molecule has 1 aliphatic heterocycles.